The standard InChI is InChI=1S/C13H20N2O/c1-9-6-4-5-7-12(9)11(3)15-13(16)10(2)8-14/h4-7,10-11H,8,14H2,1-3H3,(H,15,16)/t10-,11-/m1/s1. The molecule has 3 heteroatoms. The molecule has 3 nitrogen and oxygen atoms in total. The minimum atomic E-state index is -0.133. The molecule has 0 bridgehead atoms. The molecular weight excluding hydrogens is 200 g/mol. The number of nitrogens with one attached hydrogen (secondary N) is 1. The molecule has 16 heavy (non-hydrogen) atoms. The third-order valence-corrected chi connectivity index (χ3v) is 2.81. The Labute approximate surface area is 97.0 Å². The molecule has 1 amide bonds. The van der Waals surface area contributed by atoms with Crippen LogP contribution in [0.3, 0.4) is 0 Å². The van der Waals surface area contributed by atoms with Crippen molar-refractivity contribution in [2.75, 3.05) is 6.54 Å². The van der Waals surface area contributed by atoms with Gasteiger partial charge >= 0.3 is 0 Å². The van der Waals surface area contributed by atoms with Gasteiger partial charge in [0, 0.05) is 12.5 Å². The fourth-order valence-corrected chi connectivity index (χ4v) is 1.61. The molecule has 0 fully saturated rings. The molecule has 3 N–H and O–H groups in total. The molecule has 88 valence electrons. The number of hydrogen-bond acceptors (Lipinski definition) is 2. The lowest BCUT2D eigenvalue weighted by atomic mass is 10.0. The normalized spacial score (nSPS) is 14.2. The van der Waals surface area contributed by atoms with E-state index in [2.05, 4.69) is 5.32 Å². The molecule has 0 spiro atoms. The molecule has 1 aromatic carbocycles. The van der Waals surface area contributed by atoms with E-state index in [9.17, 15) is 4.79 Å². The van der Waals surface area contributed by atoms with Crippen LogP contribution in [0.2, 0.25) is 0 Å². The van der Waals surface area contributed by atoms with E-state index < -0.39 is 0 Å². The van der Waals surface area contributed by atoms with Crippen molar-refractivity contribution in [2.24, 2.45) is 11.7 Å². The van der Waals surface area contributed by atoms with E-state index in [4.69, 9.17) is 5.73 Å². The highest BCUT2D eigenvalue weighted by Gasteiger charge is 2.15. The van der Waals surface area contributed by atoms with Crippen molar-refractivity contribution in [3.05, 3.63) is 35.4 Å². The molecule has 2 atom stereocenters. The minimum absolute atomic E-state index is 0.0123. The van der Waals surface area contributed by atoms with Crippen molar-refractivity contribution in [2.45, 2.75) is 26.8 Å². The van der Waals surface area contributed by atoms with Gasteiger partial charge in [0.15, 0.2) is 0 Å². The Kier molecular flexibility index (Phi) is 4.50. The van der Waals surface area contributed by atoms with Gasteiger partial charge in [-0.1, -0.05) is 31.2 Å². The number of rotatable bonds is 4. The summed E-state index contributed by atoms with van der Waals surface area (Å²) in [7, 11) is 0. The summed E-state index contributed by atoms with van der Waals surface area (Å²) in [5.74, 6) is -0.121. The van der Waals surface area contributed by atoms with E-state index in [1.165, 1.54) is 5.56 Å². The predicted octanol–water partition coefficient (Wildman–Crippen LogP) is 1.77. The van der Waals surface area contributed by atoms with Gasteiger partial charge in [-0.2, -0.15) is 0 Å². The van der Waals surface area contributed by atoms with Crippen LogP contribution in [-0.4, -0.2) is 12.5 Å². The average molecular weight is 220 g/mol. The van der Waals surface area contributed by atoms with Gasteiger partial charge < -0.3 is 11.1 Å². The van der Waals surface area contributed by atoms with Gasteiger partial charge in [-0.25, -0.2) is 0 Å². The number of aryl methyl sites for hydroxylation is 1. The maximum absolute atomic E-state index is 11.7. The molecule has 1 rings (SSSR count). The van der Waals surface area contributed by atoms with Crippen LogP contribution in [0.1, 0.15) is 31.0 Å². The molecule has 0 saturated carbocycles. The van der Waals surface area contributed by atoms with Crippen LogP contribution < -0.4 is 11.1 Å². The third kappa shape index (κ3) is 3.07. The second kappa shape index (κ2) is 5.66. The minimum Gasteiger partial charge on any atom is -0.349 e. The van der Waals surface area contributed by atoms with Crippen molar-refractivity contribution in [3.8, 4) is 0 Å². The second-order valence-electron chi connectivity index (χ2n) is 4.22. The molecule has 0 aromatic heterocycles. The zero-order chi connectivity index (χ0) is 12.1. The Morgan fingerprint density at radius 2 is 2.00 bits per heavy atom. The largest absolute Gasteiger partial charge is 0.349 e. The lowest BCUT2D eigenvalue weighted by Gasteiger charge is -2.18. The number of hydrogen-bond donors (Lipinski definition) is 2. The van der Waals surface area contributed by atoms with Crippen LogP contribution in [0.25, 0.3) is 0 Å². The number of amides is 1. The fraction of sp³-hybridized carbons (Fsp3) is 0.462. The topological polar surface area (TPSA) is 55.1 Å². The Morgan fingerprint density at radius 1 is 1.38 bits per heavy atom. The molecular formula is C13H20N2O. The molecule has 1 aromatic rings. The van der Waals surface area contributed by atoms with Crippen molar-refractivity contribution < 1.29 is 4.79 Å². The van der Waals surface area contributed by atoms with Gasteiger partial charge in [0.05, 0.1) is 6.04 Å². The van der Waals surface area contributed by atoms with Crippen molar-refractivity contribution in [1.82, 2.24) is 5.32 Å². The Morgan fingerprint density at radius 3 is 2.56 bits per heavy atom. The molecule has 0 aliphatic carbocycles. The number of benzene rings is 1. The van der Waals surface area contributed by atoms with Crippen molar-refractivity contribution in [3.63, 3.8) is 0 Å². The van der Waals surface area contributed by atoms with Gasteiger partial charge in [0.25, 0.3) is 0 Å². The maximum atomic E-state index is 11.7. The van der Waals surface area contributed by atoms with Crippen LogP contribution in [0.4, 0.5) is 0 Å². The van der Waals surface area contributed by atoms with Gasteiger partial charge in [-0.3, -0.25) is 4.79 Å². The van der Waals surface area contributed by atoms with E-state index in [1.807, 2.05) is 45.0 Å². The summed E-state index contributed by atoms with van der Waals surface area (Å²) < 4.78 is 0. The van der Waals surface area contributed by atoms with Crippen LogP contribution in [-0.2, 0) is 4.79 Å². The van der Waals surface area contributed by atoms with Gasteiger partial charge in [-0.15, -0.1) is 0 Å². The summed E-state index contributed by atoms with van der Waals surface area (Å²) in [4.78, 5) is 11.7. The lowest BCUT2D eigenvalue weighted by molar-refractivity contribution is -0.124. The first kappa shape index (κ1) is 12.7. The maximum Gasteiger partial charge on any atom is 0.224 e. The smallest absolute Gasteiger partial charge is 0.224 e. The predicted molar refractivity (Wildman–Crippen MR) is 66.0 cm³/mol. The SMILES string of the molecule is Cc1ccccc1[C@@H](C)NC(=O)[C@H](C)CN. The Hall–Kier alpha value is -1.35. The summed E-state index contributed by atoms with van der Waals surface area (Å²) in [5, 5.41) is 2.97. The van der Waals surface area contributed by atoms with Crippen LogP contribution in [0.5, 0.6) is 0 Å². The average Bonchev–Trinajstić information content (AvgIpc) is 2.28. The second-order valence-corrected chi connectivity index (χ2v) is 4.22. The lowest BCUT2D eigenvalue weighted by Crippen LogP contribution is -2.35. The fourth-order valence-electron chi connectivity index (χ4n) is 1.61. The number of carbonyl (C=O) groups excluding carboxylic acids is 1. The van der Waals surface area contributed by atoms with E-state index in [0.717, 1.165) is 5.56 Å². The summed E-state index contributed by atoms with van der Waals surface area (Å²) in [6.45, 7) is 6.25. The molecule has 0 heterocycles. The number of nitrogens with two attached hydrogens (primary N) is 1. The molecule has 0 aliphatic rings. The summed E-state index contributed by atoms with van der Waals surface area (Å²) >= 11 is 0. The highest BCUT2D eigenvalue weighted by molar-refractivity contribution is 5.78. The van der Waals surface area contributed by atoms with E-state index in [0.29, 0.717) is 6.54 Å². The van der Waals surface area contributed by atoms with Crippen LogP contribution >= 0.6 is 0 Å². The van der Waals surface area contributed by atoms with Gasteiger partial charge in [0.2, 0.25) is 5.91 Å². The molecule has 0 radical (unpaired) electrons. The van der Waals surface area contributed by atoms with Crippen molar-refractivity contribution >= 4 is 5.91 Å². The Balaban J connectivity index is 2.69. The monoisotopic (exact) mass is 220 g/mol. The first-order chi connectivity index (χ1) is 7.56. The van der Waals surface area contributed by atoms with E-state index in [1.54, 1.807) is 0 Å². The third-order valence-electron chi connectivity index (χ3n) is 2.81. The zero-order valence-corrected chi connectivity index (χ0v) is 10.2. The highest BCUT2D eigenvalue weighted by atomic mass is 16.1. The van der Waals surface area contributed by atoms with Crippen LogP contribution in [0.15, 0.2) is 24.3 Å². The summed E-state index contributed by atoms with van der Waals surface area (Å²) in [6, 6.07) is 8.09. The van der Waals surface area contributed by atoms with E-state index >= 15 is 0 Å². The van der Waals surface area contributed by atoms with Crippen LogP contribution in [0, 0.1) is 12.8 Å². The van der Waals surface area contributed by atoms with Gasteiger partial charge in [-0.05, 0) is 25.0 Å². The van der Waals surface area contributed by atoms with E-state index in [-0.39, 0.29) is 17.9 Å². The molecule has 0 aliphatic heterocycles. The quantitative estimate of drug-likeness (QED) is 0.812. The summed E-state index contributed by atoms with van der Waals surface area (Å²) in [5.41, 5.74) is 7.80. The van der Waals surface area contributed by atoms with Gasteiger partial charge in [0.1, 0.15) is 0 Å². The number of carbonyl (C=O) groups is 1. The molecule has 0 saturated heterocycles. The summed E-state index contributed by atoms with van der Waals surface area (Å²) in [6.07, 6.45) is 0. The Bertz CT molecular complexity index is 363. The molecule has 0 unspecified atom stereocenters. The first-order valence-corrected chi connectivity index (χ1v) is 5.62. The van der Waals surface area contributed by atoms with Crippen molar-refractivity contribution in [1.29, 1.82) is 0 Å². The zero-order valence-electron chi connectivity index (χ0n) is 10.2. The first-order valence-electron chi connectivity index (χ1n) is 5.62. The highest BCUT2D eigenvalue weighted by Crippen LogP contribution is 2.16.